The van der Waals surface area contributed by atoms with Gasteiger partial charge in [0.2, 0.25) is 0 Å². The molecule has 0 fully saturated rings. The zero-order chi connectivity index (χ0) is 17.1. The Hall–Kier alpha value is -1.90. The molecule has 2 heterocycles. The average Bonchev–Trinajstić information content (AvgIpc) is 2.55. The molecule has 10 heteroatoms. The summed E-state index contributed by atoms with van der Waals surface area (Å²) in [5, 5.41) is 6.22. The van der Waals surface area contributed by atoms with Crippen LogP contribution in [0.25, 0.3) is 11.0 Å². The summed E-state index contributed by atoms with van der Waals surface area (Å²) >= 11 is 0. The second-order valence-corrected chi connectivity index (χ2v) is 5.47. The van der Waals surface area contributed by atoms with E-state index in [1.807, 2.05) is 13.8 Å². The first kappa shape index (κ1) is 23.1. The van der Waals surface area contributed by atoms with E-state index in [1.165, 1.54) is 30.9 Å². The van der Waals surface area contributed by atoms with Gasteiger partial charge in [-0.3, -0.25) is 18.7 Å². The maximum atomic E-state index is 12.2. The van der Waals surface area contributed by atoms with Crippen LogP contribution in [0.2, 0.25) is 0 Å². The lowest BCUT2D eigenvalue weighted by atomic mass is 10.2. The maximum Gasteiger partial charge on any atom is 0.332 e. The summed E-state index contributed by atoms with van der Waals surface area (Å²) in [6.07, 6.45) is 1.37. The molecule has 8 nitrogen and oxygen atoms in total. The number of aryl methyl sites for hydroxylation is 1. The highest BCUT2D eigenvalue weighted by molar-refractivity contribution is 5.96. The van der Waals surface area contributed by atoms with Gasteiger partial charge >= 0.3 is 5.69 Å². The number of rotatable bonds is 5. The molecule has 1 amide bonds. The van der Waals surface area contributed by atoms with E-state index in [0.717, 1.165) is 11.1 Å². The number of aromatic nitrogens is 3. The van der Waals surface area contributed by atoms with Gasteiger partial charge in [-0.05, 0) is 19.5 Å². The molecule has 0 saturated carbocycles. The molecule has 2 aromatic heterocycles. The van der Waals surface area contributed by atoms with E-state index in [4.69, 9.17) is 0 Å². The summed E-state index contributed by atoms with van der Waals surface area (Å²) in [7, 11) is 2.93. The standard InChI is InChI=1S/C15H21N5O3.2ClH/c1-5-16-9(2)7-18-13(21)10-6-11-12(17-8-10)19(3)15(23)20(4)14(11)22;;/h6,8-9,16H,5,7H2,1-4H3,(H,18,21);2*1H/t9-;;/m1../s1. The quantitative estimate of drug-likeness (QED) is 0.758. The number of nitrogens with one attached hydrogen (secondary N) is 2. The molecular formula is C15H23Cl2N5O3. The van der Waals surface area contributed by atoms with Crippen molar-refractivity contribution in [2.45, 2.75) is 19.9 Å². The van der Waals surface area contributed by atoms with Gasteiger partial charge in [0.25, 0.3) is 11.5 Å². The van der Waals surface area contributed by atoms with Crippen LogP contribution in [0.5, 0.6) is 0 Å². The molecule has 0 aliphatic heterocycles. The summed E-state index contributed by atoms with van der Waals surface area (Å²) in [6, 6.07) is 1.61. The molecule has 140 valence electrons. The summed E-state index contributed by atoms with van der Waals surface area (Å²) in [6.45, 7) is 5.24. The van der Waals surface area contributed by atoms with Crippen molar-refractivity contribution < 1.29 is 4.79 Å². The smallest absolute Gasteiger partial charge is 0.332 e. The first-order valence-corrected chi connectivity index (χ1v) is 7.44. The van der Waals surface area contributed by atoms with E-state index in [-0.39, 0.29) is 53.4 Å². The van der Waals surface area contributed by atoms with Crippen molar-refractivity contribution in [1.82, 2.24) is 24.8 Å². The Morgan fingerprint density at radius 2 is 1.88 bits per heavy atom. The van der Waals surface area contributed by atoms with E-state index in [9.17, 15) is 14.4 Å². The second kappa shape index (κ2) is 9.55. The highest BCUT2D eigenvalue weighted by atomic mass is 35.5. The van der Waals surface area contributed by atoms with E-state index >= 15 is 0 Å². The lowest BCUT2D eigenvalue weighted by Gasteiger charge is -2.13. The number of carbonyl (C=O) groups is 1. The van der Waals surface area contributed by atoms with Crippen LogP contribution >= 0.6 is 24.8 Å². The van der Waals surface area contributed by atoms with E-state index in [2.05, 4.69) is 15.6 Å². The number of nitrogens with zero attached hydrogens (tertiary/aromatic N) is 3. The van der Waals surface area contributed by atoms with E-state index in [0.29, 0.717) is 6.54 Å². The minimum Gasteiger partial charge on any atom is -0.350 e. The number of amides is 1. The van der Waals surface area contributed by atoms with Crippen LogP contribution in [-0.4, -0.2) is 39.2 Å². The minimum atomic E-state index is -0.466. The van der Waals surface area contributed by atoms with Crippen molar-refractivity contribution >= 4 is 41.8 Å². The van der Waals surface area contributed by atoms with Crippen LogP contribution in [0.4, 0.5) is 0 Å². The zero-order valence-electron chi connectivity index (χ0n) is 14.5. The minimum absolute atomic E-state index is 0. The molecule has 2 N–H and O–H groups in total. The Labute approximate surface area is 157 Å². The Kier molecular flexibility index (Phi) is 8.82. The lowest BCUT2D eigenvalue weighted by Crippen LogP contribution is -2.39. The van der Waals surface area contributed by atoms with Gasteiger partial charge in [0.15, 0.2) is 0 Å². The topological polar surface area (TPSA) is 98.0 Å². The molecule has 0 bridgehead atoms. The molecule has 0 radical (unpaired) electrons. The lowest BCUT2D eigenvalue weighted by molar-refractivity contribution is 0.0950. The fourth-order valence-corrected chi connectivity index (χ4v) is 2.36. The van der Waals surface area contributed by atoms with Gasteiger partial charge in [0, 0.05) is 32.9 Å². The van der Waals surface area contributed by atoms with E-state index in [1.54, 1.807) is 0 Å². The van der Waals surface area contributed by atoms with E-state index < -0.39 is 11.2 Å². The molecule has 1 atom stereocenters. The summed E-state index contributed by atoms with van der Waals surface area (Å²) in [4.78, 5) is 40.3. The Morgan fingerprint density at radius 3 is 2.48 bits per heavy atom. The summed E-state index contributed by atoms with van der Waals surface area (Å²) in [5.74, 6) is -0.306. The third-order valence-electron chi connectivity index (χ3n) is 3.68. The first-order chi connectivity index (χ1) is 10.9. The Bertz CT molecular complexity index is 863. The molecule has 0 spiro atoms. The predicted molar refractivity (Wildman–Crippen MR) is 102 cm³/mol. The second-order valence-electron chi connectivity index (χ2n) is 5.47. The monoisotopic (exact) mass is 391 g/mol. The normalized spacial score (nSPS) is 11.4. The predicted octanol–water partition coefficient (Wildman–Crippen LogP) is 0.204. The van der Waals surface area contributed by atoms with Crippen LogP contribution in [0.3, 0.4) is 0 Å². The van der Waals surface area contributed by atoms with Crippen molar-refractivity contribution in [3.8, 4) is 0 Å². The third-order valence-corrected chi connectivity index (χ3v) is 3.68. The van der Waals surface area contributed by atoms with Gasteiger partial charge in [-0.25, -0.2) is 9.78 Å². The average molecular weight is 392 g/mol. The number of hydrogen-bond donors (Lipinski definition) is 2. The third kappa shape index (κ3) is 4.81. The first-order valence-electron chi connectivity index (χ1n) is 7.44. The molecule has 0 unspecified atom stereocenters. The van der Waals surface area contributed by atoms with Crippen LogP contribution in [-0.2, 0) is 14.1 Å². The summed E-state index contributed by atoms with van der Waals surface area (Å²) in [5.41, 5.74) is -0.370. The molecule has 2 rings (SSSR count). The highest BCUT2D eigenvalue weighted by Crippen LogP contribution is 2.07. The van der Waals surface area contributed by atoms with Gasteiger partial charge in [-0.1, -0.05) is 6.92 Å². The number of pyridine rings is 1. The van der Waals surface area contributed by atoms with Crippen molar-refractivity contribution in [3.05, 3.63) is 38.7 Å². The highest BCUT2D eigenvalue weighted by Gasteiger charge is 2.13. The molecular weight excluding hydrogens is 369 g/mol. The Balaban J connectivity index is 0.00000288. The largest absolute Gasteiger partial charge is 0.350 e. The number of fused-ring (bicyclic) bond motifs is 1. The van der Waals surface area contributed by atoms with Crippen molar-refractivity contribution in [1.29, 1.82) is 0 Å². The van der Waals surface area contributed by atoms with Gasteiger partial charge in [0.05, 0.1) is 10.9 Å². The van der Waals surface area contributed by atoms with Gasteiger partial charge in [-0.2, -0.15) is 0 Å². The Morgan fingerprint density at radius 1 is 1.24 bits per heavy atom. The van der Waals surface area contributed by atoms with Crippen molar-refractivity contribution in [2.75, 3.05) is 13.1 Å². The van der Waals surface area contributed by atoms with Crippen LogP contribution < -0.4 is 21.9 Å². The van der Waals surface area contributed by atoms with Crippen molar-refractivity contribution in [3.63, 3.8) is 0 Å². The number of likely N-dealkylation sites (N-methyl/N-ethyl adjacent to an activating group) is 1. The van der Waals surface area contributed by atoms with Crippen LogP contribution in [0.15, 0.2) is 21.9 Å². The molecule has 0 aromatic carbocycles. The maximum absolute atomic E-state index is 12.2. The van der Waals surface area contributed by atoms with Crippen LogP contribution in [0, 0.1) is 0 Å². The zero-order valence-corrected chi connectivity index (χ0v) is 16.2. The SMILES string of the molecule is CCN[C@H](C)CNC(=O)c1cnc2c(c1)c(=O)n(C)c(=O)n2C.Cl.Cl. The molecule has 25 heavy (non-hydrogen) atoms. The summed E-state index contributed by atoms with van der Waals surface area (Å²) < 4.78 is 2.28. The number of carbonyl (C=O) groups excluding carboxylic acids is 1. The molecule has 0 saturated heterocycles. The van der Waals surface area contributed by atoms with Gasteiger partial charge in [0.1, 0.15) is 5.65 Å². The fraction of sp³-hybridized carbons (Fsp3) is 0.467. The number of hydrogen-bond acceptors (Lipinski definition) is 5. The van der Waals surface area contributed by atoms with Crippen molar-refractivity contribution in [2.24, 2.45) is 14.1 Å². The molecule has 2 aromatic rings. The van der Waals surface area contributed by atoms with Crippen LogP contribution in [0.1, 0.15) is 24.2 Å². The van der Waals surface area contributed by atoms with Gasteiger partial charge < -0.3 is 10.6 Å². The fourth-order valence-electron chi connectivity index (χ4n) is 2.36. The molecule has 0 aliphatic rings. The number of halogens is 2. The van der Waals surface area contributed by atoms with Gasteiger partial charge in [-0.15, -0.1) is 24.8 Å². The molecule has 0 aliphatic carbocycles.